The number of aliphatic carboxylic acids is 1. The average molecular weight is 505 g/mol. The second-order valence-electron chi connectivity index (χ2n) is 8.32. The van der Waals surface area contributed by atoms with Crippen LogP contribution in [0.4, 0.5) is 23.7 Å². The minimum atomic E-state index is -5.08. The van der Waals surface area contributed by atoms with Crippen LogP contribution in [-0.4, -0.2) is 46.5 Å². The Hall–Kier alpha value is -4.02. The molecule has 0 saturated heterocycles. The van der Waals surface area contributed by atoms with Crippen LogP contribution in [0.5, 0.6) is 5.75 Å². The molecule has 0 spiro atoms. The van der Waals surface area contributed by atoms with Crippen LogP contribution in [-0.2, 0) is 17.6 Å². The van der Waals surface area contributed by atoms with E-state index in [9.17, 15) is 18.0 Å². The number of aromatic nitrogens is 2. The highest BCUT2D eigenvalue weighted by atomic mass is 19.4. The zero-order chi connectivity index (χ0) is 26.3. The summed E-state index contributed by atoms with van der Waals surface area (Å²) in [4.78, 5) is 25.5. The van der Waals surface area contributed by atoms with Crippen LogP contribution < -0.4 is 15.4 Å². The molecule has 11 heteroatoms. The molecule has 0 aliphatic heterocycles. The van der Waals surface area contributed by atoms with Gasteiger partial charge in [0.05, 0.1) is 24.8 Å². The van der Waals surface area contributed by atoms with Gasteiger partial charge in [0.25, 0.3) is 0 Å². The Bertz CT molecular complexity index is 1210. The number of hydrogen-bond donors (Lipinski definition) is 3. The van der Waals surface area contributed by atoms with E-state index in [0.29, 0.717) is 23.9 Å². The standard InChI is InChI=1S/C23H26N4O2.C2HF3O2/c1-16-14-27(15-25-16)21-10-9-20(12-22(21)29-2)26-23(28)24-13-17-7-8-18-5-3-4-6-19(18)11-17;3-2(4,5)1(6)7/h3-6,9-10,12,14-15,17H,7-8,11,13H2,1-2H3,(H2,24,26,28);(H,6,7). The summed E-state index contributed by atoms with van der Waals surface area (Å²) in [7, 11) is 1.62. The largest absolute Gasteiger partial charge is 0.494 e. The molecule has 1 aliphatic rings. The minimum absolute atomic E-state index is 0.197. The number of ether oxygens (including phenoxy) is 1. The van der Waals surface area contributed by atoms with Crippen molar-refractivity contribution in [2.24, 2.45) is 5.92 Å². The average Bonchev–Trinajstić information content (AvgIpc) is 3.28. The molecule has 3 aromatic rings. The number of carboxylic acids is 1. The number of carboxylic acid groups (broad SMARTS) is 1. The van der Waals surface area contributed by atoms with E-state index in [2.05, 4.69) is 39.9 Å². The van der Waals surface area contributed by atoms with Gasteiger partial charge >= 0.3 is 18.2 Å². The van der Waals surface area contributed by atoms with Gasteiger partial charge in [0.1, 0.15) is 5.75 Å². The predicted molar refractivity (Wildman–Crippen MR) is 128 cm³/mol. The van der Waals surface area contributed by atoms with Crippen LogP contribution in [0.2, 0.25) is 0 Å². The van der Waals surface area contributed by atoms with Crippen LogP contribution in [0.25, 0.3) is 5.69 Å². The van der Waals surface area contributed by atoms with Crippen molar-refractivity contribution in [2.45, 2.75) is 32.4 Å². The van der Waals surface area contributed by atoms with Crippen molar-refractivity contribution in [2.75, 3.05) is 19.0 Å². The number of amides is 2. The SMILES string of the molecule is COc1cc(NC(=O)NCC2CCc3ccccc3C2)ccc1-n1cnc(C)c1.O=C(O)C(F)(F)F. The predicted octanol–water partition coefficient (Wildman–Crippen LogP) is 4.75. The first-order valence-electron chi connectivity index (χ1n) is 11.2. The monoisotopic (exact) mass is 504 g/mol. The van der Waals surface area contributed by atoms with Crippen molar-refractivity contribution in [3.8, 4) is 11.4 Å². The number of urea groups is 1. The van der Waals surface area contributed by atoms with E-state index in [0.717, 1.165) is 30.6 Å². The maximum atomic E-state index is 12.4. The minimum Gasteiger partial charge on any atom is -0.494 e. The van der Waals surface area contributed by atoms with Gasteiger partial charge in [-0.25, -0.2) is 14.6 Å². The second kappa shape index (κ2) is 11.6. The lowest BCUT2D eigenvalue weighted by Crippen LogP contribution is -2.35. The molecule has 0 bridgehead atoms. The van der Waals surface area contributed by atoms with Crippen LogP contribution in [0.3, 0.4) is 0 Å². The number of carbonyl (C=O) groups is 2. The van der Waals surface area contributed by atoms with E-state index in [1.807, 2.05) is 35.9 Å². The van der Waals surface area contributed by atoms with Gasteiger partial charge in [0, 0.05) is 24.5 Å². The Labute approximate surface area is 206 Å². The maximum Gasteiger partial charge on any atom is 0.490 e. The van der Waals surface area contributed by atoms with Gasteiger partial charge in [-0.05, 0) is 55.4 Å². The number of methoxy groups -OCH3 is 1. The van der Waals surface area contributed by atoms with Crippen LogP contribution >= 0.6 is 0 Å². The normalized spacial score (nSPS) is 14.6. The lowest BCUT2D eigenvalue weighted by molar-refractivity contribution is -0.192. The molecule has 4 rings (SSSR count). The van der Waals surface area contributed by atoms with E-state index in [-0.39, 0.29) is 6.03 Å². The number of anilines is 1. The van der Waals surface area contributed by atoms with Gasteiger partial charge in [0.2, 0.25) is 0 Å². The zero-order valence-electron chi connectivity index (χ0n) is 19.8. The molecule has 0 radical (unpaired) electrons. The number of imidazole rings is 1. The number of halogens is 3. The highest BCUT2D eigenvalue weighted by Crippen LogP contribution is 2.27. The smallest absolute Gasteiger partial charge is 0.490 e. The van der Waals surface area contributed by atoms with Crippen molar-refractivity contribution in [3.05, 3.63) is 71.8 Å². The summed E-state index contributed by atoms with van der Waals surface area (Å²) in [5.41, 5.74) is 5.34. The van der Waals surface area contributed by atoms with Crippen molar-refractivity contribution >= 4 is 17.7 Å². The van der Waals surface area contributed by atoms with Crippen molar-refractivity contribution in [1.82, 2.24) is 14.9 Å². The Balaban J connectivity index is 0.000000454. The zero-order valence-corrected chi connectivity index (χ0v) is 19.8. The summed E-state index contributed by atoms with van der Waals surface area (Å²) in [5.74, 6) is -1.62. The van der Waals surface area contributed by atoms with Gasteiger partial charge in [-0.15, -0.1) is 0 Å². The first-order chi connectivity index (χ1) is 17.1. The molecular formula is C25H27F3N4O4. The number of benzene rings is 2. The lowest BCUT2D eigenvalue weighted by atomic mass is 9.84. The molecule has 1 aliphatic carbocycles. The quantitative estimate of drug-likeness (QED) is 0.465. The Morgan fingerprint density at radius 2 is 1.89 bits per heavy atom. The molecule has 1 aromatic heterocycles. The third kappa shape index (κ3) is 7.24. The summed E-state index contributed by atoms with van der Waals surface area (Å²) < 4.78 is 39.1. The third-order valence-corrected chi connectivity index (χ3v) is 5.67. The number of carbonyl (C=O) groups excluding carboxylic acids is 1. The number of fused-ring (bicyclic) bond motifs is 1. The number of alkyl halides is 3. The molecule has 1 unspecified atom stereocenters. The van der Waals surface area contributed by atoms with E-state index < -0.39 is 12.1 Å². The van der Waals surface area contributed by atoms with Gasteiger partial charge in [-0.2, -0.15) is 13.2 Å². The van der Waals surface area contributed by atoms with Gasteiger partial charge in [-0.1, -0.05) is 24.3 Å². The van der Waals surface area contributed by atoms with Crippen molar-refractivity contribution in [3.63, 3.8) is 0 Å². The number of nitrogens with zero attached hydrogens (tertiary/aromatic N) is 2. The summed E-state index contributed by atoms with van der Waals surface area (Å²) in [6, 6.07) is 14.0. The van der Waals surface area contributed by atoms with Crippen LogP contribution in [0, 0.1) is 12.8 Å². The first kappa shape index (κ1) is 26.6. The van der Waals surface area contributed by atoms with Crippen LogP contribution in [0.1, 0.15) is 23.2 Å². The molecular weight excluding hydrogens is 477 g/mol. The molecule has 2 aromatic carbocycles. The maximum absolute atomic E-state index is 12.4. The van der Waals surface area contributed by atoms with Crippen LogP contribution in [0.15, 0.2) is 55.0 Å². The number of hydrogen-bond acceptors (Lipinski definition) is 4. The van der Waals surface area contributed by atoms with Gasteiger partial charge in [0.15, 0.2) is 0 Å². The fourth-order valence-electron chi connectivity index (χ4n) is 3.88. The molecule has 1 heterocycles. The molecule has 3 N–H and O–H groups in total. The van der Waals surface area contributed by atoms with Gasteiger partial charge < -0.3 is 25.0 Å². The molecule has 1 atom stereocenters. The molecule has 192 valence electrons. The summed E-state index contributed by atoms with van der Waals surface area (Å²) in [6.45, 7) is 2.61. The van der Waals surface area contributed by atoms with Gasteiger partial charge in [-0.3, -0.25) is 0 Å². The van der Waals surface area contributed by atoms with E-state index in [1.165, 1.54) is 11.1 Å². The molecule has 2 amide bonds. The summed E-state index contributed by atoms with van der Waals surface area (Å²) >= 11 is 0. The Kier molecular flexibility index (Phi) is 8.57. The number of aryl methyl sites for hydroxylation is 2. The number of nitrogens with one attached hydrogen (secondary N) is 2. The Morgan fingerprint density at radius 1 is 1.19 bits per heavy atom. The van der Waals surface area contributed by atoms with E-state index in [1.54, 1.807) is 13.4 Å². The Morgan fingerprint density at radius 3 is 2.50 bits per heavy atom. The highest BCUT2D eigenvalue weighted by Gasteiger charge is 2.38. The van der Waals surface area contributed by atoms with Crippen molar-refractivity contribution in [1.29, 1.82) is 0 Å². The fraction of sp³-hybridized carbons (Fsp3) is 0.320. The van der Waals surface area contributed by atoms with E-state index in [4.69, 9.17) is 14.6 Å². The fourth-order valence-corrected chi connectivity index (χ4v) is 3.88. The summed E-state index contributed by atoms with van der Waals surface area (Å²) in [5, 5.41) is 13.0. The highest BCUT2D eigenvalue weighted by molar-refractivity contribution is 5.89. The molecule has 36 heavy (non-hydrogen) atoms. The molecule has 0 fully saturated rings. The van der Waals surface area contributed by atoms with Crippen molar-refractivity contribution < 1.29 is 32.6 Å². The van der Waals surface area contributed by atoms with E-state index >= 15 is 0 Å². The third-order valence-electron chi connectivity index (χ3n) is 5.67. The second-order valence-corrected chi connectivity index (χ2v) is 8.32. The molecule has 0 saturated carbocycles. The first-order valence-corrected chi connectivity index (χ1v) is 11.2. The lowest BCUT2D eigenvalue weighted by Gasteiger charge is -2.24. The summed E-state index contributed by atoms with van der Waals surface area (Å²) in [6.07, 6.45) is 1.79. The topological polar surface area (TPSA) is 105 Å². The number of rotatable bonds is 5. The molecule has 8 nitrogen and oxygen atoms in total.